The first kappa shape index (κ1) is 18.5. The average Bonchev–Trinajstić information content (AvgIpc) is 2.53. The molecule has 2 radical (unpaired) electrons. The van der Waals surface area contributed by atoms with E-state index in [0.29, 0.717) is 20.9 Å². The second-order valence-corrected chi connectivity index (χ2v) is 9.17. The maximum atomic E-state index is 13.0. The van der Waals surface area contributed by atoms with Crippen molar-refractivity contribution in [1.29, 1.82) is 0 Å². The molecular weight excluding hydrogens is 321 g/mol. The summed E-state index contributed by atoms with van der Waals surface area (Å²) in [5.74, 6) is -0.547. The van der Waals surface area contributed by atoms with Gasteiger partial charge in [0.05, 0.1) is 5.60 Å². The monoisotopic (exact) mass is 343 g/mol. The third kappa shape index (κ3) is 4.82. The van der Waals surface area contributed by atoms with E-state index in [1.165, 1.54) is 30.5 Å². The van der Waals surface area contributed by atoms with Crippen molar-refractivity contribution in [3.63, 3.8) is 0 Å². The molecule has 1 aromatic carbocycles. The molecule has 0 aliphatic carbocycles. The van der Waals surface area contributed by atoms with Gasteiger partial charge in [-0.15, -0.1) is 0 Å². The van der Waals surface area contributed by atoms with Crippen molar-refractivity contribution < 1.29 is 13.6 Å². The molecule has 0 N–H and O–H groups in total. The predicted octanol–water partition coefficient (Wildman–Crippen LogP) is 4.54. The Morgan fingerprint density at radius 2 is 1.67 bits per heavy atom. The summed E-state index contributed by atoms with van der Waals surface area (Å²) in [5.41, 5.74) is 1.20. The van der Waals surface area contributed by atoms with E-state index in [-0.39, 0.29) is 16.6 Å². The molecule has 0 amide bonds. The van der Waals surface area contributed by atoms with Crippen molar-refractivity contribution in [2.75, 3.05) is 0 Å². The van der Waals surface area contributed by atoms with Crippen LogP contribution in [-0.4, -0.2) is 20.5 Å². The summed E-state index contributed by atoms with van der Waals surface area (Å²) in [4.78, 5) is 16.7. The van der Waals surface area contributed by atoms with Crippen LogP contribution in [0.15, 0.2) is 42.7 Å². The minimum Gasteiger partial charge on any atom is -0.408 e. The van der Waals surface area contributed by atoms with Crippen LogP contribution in [0.25, 0.3) is 0 Å². The van der Waals surface area contributed by atoms with Gasteiger partial charge in [0.15, 0.2) is 5.78 Å². The first-order valence-corrected chi connectivity index (χ1v) is 8.70. The molecule has 126 valence electrons. The standard InChI is InChI=1S/C19H22FNO2Si/c1-18(2,3)24-23-19(4,5)15-10-14(11-21-12-15)17(22)13-6-8-16(20)9-7-13/h6-12H,1-5H3. The van der Waals surface area contributed by atoms with Crippen LogP contribution in [0.5, 0.6) is 0 Å². The smallest absolute Gasteiger partial charge is 0.236 e. The molecule has 0 aliphatic heterocycles. The van der Waals surface area contributed by atoms with E-state index in [0.717, 1.165) is 5.56 Å². The maximum Gasteiger partial charge on any atom is 0.236 e. The van der Waals surface area contributed by atoms with E-state index < -0.39 is 5.60 Å². The Hall–Kier alpha value is -1.85. The van der Waals surface area contributed by atoms with Crippen molar-refractivity contribution >= 4 is 15.5 Å². The Balaban J connectivity index is 2.24. The number of halogens is 1. The Morgan fingerprint density at radius 1 is 1.04 bits per heavy atom. The molecule has 2 aromatic rings. The SMILES string of the molecule is CC(C)(C)[Si]OC(C)(C)c1cncc(C(=O)c2ccc(F)cc2)c1. The molecule has 24 heavy (non-hydrogen) atoms. The lowest BCUT2D eigenvalue weighted by Crippen LogP contribution is -2.28. The van der Waals surface area contributed by atoms with Crippen LogP contribution < -0.4 is 0 Å². The second-order valence-electron chi connectivity index (χ2n) is 7.26. The molecular formula is C19H22FNO2Si. The third-order valence-electron chi connectivity index (χ3n) is 3.41. The summed E-state index contributed by atoms with van der Waals surface area (Å²) in [6.45, 7) is 10.3. The summed E-state index contributed by atoms with van der Waals surface area (Å²) in [6.07, 6.45) is 3.24. The molecule has 0 fully saturated rings. The van der Waals surface area contributed by atoms with Crippen LogP contribution in [0.4, 0.5) is 4.39 Å². The molecule has 1 heterocycles. The van der Waals surface area contributed by atoms with Crippen LogP contribution in [0.3, 0.4) is 0 Å². The number of rotatable bonds is 5. The highest BCUT2D eigenvalue weighted by molar-refractivity contribution is 6.31. The van der Waals surface area contributed by atoms with Gasteiger partial charge in [-0.2, -0.15) is 0 Å². The van der Waals surface area contributed by atoms with Gasteiger partial charge in [-0.05, 0) is 49.2 Å². The van der Waals surface area contributed by atoms with E-state index >= 15 is 0 Å². The molecule has 0 atom stereocenters. The molecule has 1 aromatic heterocycles. The lowest BCUT2D eigenvalue weighted by Gasteiger charge is -2.29. The van der Waals surface area contributed by atoms with Crippen LogP contribution in [0.2, 0.25) is 5.04 Å². The summed E-state index contributed by atoms with van der Waals surface area (Å²) in [7, 11) is 0.327. The van der Waals surface area contributed by atoms with Crippen LogP contribution in [0, 0.1) is 5.82 Å². The number of nitrogens with zero attached hydrogens (tertiary/aromatic N) is 1. The average molecular weight is 343 g/mol. The molecule has 0 saturated heterocycles. The number of hydrogen-bond acceptors (Lipinski definition) is 3. The van der Waals surface area contributed by atoms with Gasteiger partial charge in [-0.1, -0.05) is 20.8 Å². The van der Waals surface area contributed by atoms with E-state index in [1.54, 1.807) is 12.3 Å². The van der Waals surface area contributed by atoms with E-state index in [2.05, 4.69) is 25.8 Å². The summed E-state index contributed by atoms with van der Waals surface area (Å²) in [6, 6.07) is 7.32. The fourth-order valence-electron chi connectivity index (χ4n) is 2.00. The Morgan fingerprint density at radius 3 is 2.25 bits per heavy atom. The zero-order valence-corrected chi connectivity index (χ0v) is 15.7. The van der Waals surface area contributed by atoms with Crippen molar-refractivity contribution in [2.24, 2.45) is 0 Å². The largest absolute Gasteiger partial charge is 0.408 e. The molecule has 0 aliphatic rings. The quantitative estimate of drug-likeness (QED) is 0.591. The van der Waals surface area contributed by atoms with E-state index in [1.807, 2.05) is 13.8 Å². The van der Waals surface area contributed by atoms with Crippen LogP contribution >= 0.6 is 0 Å². The molecule has 0 saturated carbocycles. The van der Waals surface area contributed by atoms with Crippen LogP contribution in [0.1, 0.15) is 56.1 Å². The van der Waals surface area contributed by atoms with Crippen molar-refractivity contribution in [2.45, 2.75) is 45.3 Å². The number of aromatic nitrogens is 1. The van der Waals surface area contributed by atoms with Gasteiger partial charge < -0.3 is 4.43 Å². The topological polar surface area (TPSA) is 39.2 Å². The molecule has 5 heteroatoms. The van der Waals surface area contributed by atoms with Crippen LogP contribution in [-0.2, 0) is 10.0 Å². The normalized spacial score (nSPS) is 12.2. The minimum atomic E-state index is -0.544. The molecule has 2 rings (SSSR count). The van der Waals surface area contributed by atoms with Gasteiger partial charge >= 0.3 is 0 Å². The van der Waals surface area contributed by atoms with Crippen molar-refractivity contribution in [3.8, 4) is 0 Å². The first-order chi connectivity index (χ1) is 11.1. The fourth-order valence-corrected chi connectivity index (χ4v) is 2.68. The number of carbonyl (C=O) groups excluding carboxylic acids is 1. The number of benzene rings is 1. The Kier molecular flexibility index (Phi) is 5.35. The second kappa shape index (κ2) is 6.95. The predicted molar refractivity (Wildman–Crippen MR) is 93.6 cm³/mol. The Labute approximate surface area is 145 Å². The third-order valence-corrected chi connectivity index (χ3v) is 4.64. The van der Waals surface area contributed by atoms with Gasteiger partial charge in [-0.3, -0.25) is 9.78 Å². The Bertz CT molecular complexity index is 721. The zero-order valence-electron chi connectivity index (χ0n) is 14.7. The summed E-state index contributed by atoms with van der Waals surface area (Å²) < 4.78 is 19.1. The highest BCUT2D eigenvalue weighted by Gasteiger charge is 2.26. The lowest BCUT2D eigenvalue weighted by atomic mass is 9.96. The van der Waals surface area contributed by atoms with Crippen molar-refractivity contribution in [3.05, 3.63) is 65.2 Å². The highest BCUT2D eigenvalue weighted by atomic mass is 28.2. The van der Waals surface area contributed by atoms with E-state index in [9.17, 15) is 9.18 Å². The number of ketones is 1. The maximum absolute atomic E-state index is 13.0. The summed E-state index contributed by atoms with van der Waals surface area (Å²) >= 11 is 0. The van der Waals surface area contributed by atoms with E-state index in [4.69, 9.17) is 4.43 Å². The van der Waals surface area contributed by atoms with Crippen molar-refractivity contribution in [1.82, 2.24) is 4.98 Å². The van der Waals surface area contributed by atoms with Gasteiger partial charge in [-0.25, -0.2) is 4.39 Å². The molecule has 3 nitrogen and oxygen atoms in total. The first-order valence-electron chi connectivity index (χ1n) is 7.79. The summed E-state index contributed by atoms with van der Waals surface area (Å²) in [5, 5.41) is 0.0756. The molecule has 0 spiro atoms. The van der Waals surface area contributed by atoms with Gasteiger partial charge in [0.25, 0.3) is 0 Å². The number of carbonyl (C=O) groups is 1. The van der Waals surface area contributed by atoms with Gasteiger partial charge in [0.1, 0.15) is 5.82 Å². The van der Waals surface area contributed by atoms with Gasteiger partial charge in [0, 0.05) is 29.1 Å². The minimum absolute atomic E-state index is 0.0756. The zero-order chi connectivity index (χ0) is 18.0. The molecule has 0 bridgehead atoms. The molecule has 0 unspecified atom stereocenters. The number of hydrogen-bond donors (Lipinski definition) is 0. The fraction of sp³-hybridized carbons (Fsp3) is 0.368. The highest BCUT2D eigenvalue weighted by Crippen LogP contribution is 2.29. The van der Waals surface area contributed by atoms with Gasteiger partial charge in [0.2, 0.25) is 9.76 Å². The lowest BCUT2D eigenvalue weighted by molar-refractivity contribution is 0.103. The number of pyridine rings is 1.